The SMILES string of the molecule is Cc1cc(C(=O)N2Cc3c([nH]c4cc(Cl)ccc4c3=O)C(O)=N2)ccc1OC(=O)N(C)c1ccccc1. The number of ether oxygens (including phenoxy) is 1. The summed E-state index contributed by atoms with van der Waals surface area (Å²) in [5.41, 5.74) is 1.94. The molecular formula is C27H21ClN4O5. The number of H-pyrrole nitrogens is 1. The van der Waals surface area contributed by atoms with Gasteiger partial charge in [0.1, 0.15) is 11.4 Å². The van der Waals surface area contributed by atoms with E-state index in [0.29, 0.717) is 32.9 Å². The third-order valence-electron chi connectivity index (χ3n) is 6.08. The largest absolute Gasteiger partial charge is 0.491 e. The van der Waals surface area contributed by atoms with Gasteiger partial charge >= 0.3 is 6.09 Å². The Labute approximate surface area is 216 Å². The van der Waals surface area contributed by atoms with Crippen LogP contribution in [-0.2, 0) is 6.54 Å². The van der Waals surface area contributed by atoms with E-state index in [-0.39, 0.29) is 28.8 Å². The average molecular weight is 517 g/mol. The standard InChI is InChI=1S/C27H21ClN4O5/c1-15-12-16(8-11-22(15)37-27(36)31(2)18-6-4-3-5-7-18)26(35)32-14-20-23(25(34)30-32)29-21-13-17(28)9-10-19(21)24(20)33/h3-13H,14H2,1-2H3,(H,29,33)(H,30,34). The van der Waals surface area contributed by atoms with Crippen LogP contribution in [0.5, 0.6) is 5.75 Å². The molecule has 0 saturated carbocycles. The summed E-state index contributed by atoms with van der Waals surface area (Å²) in [4.78, 5) is 43.2. The van der Waals surface area contributed by atoms with Crippen LogP contribution in [0.3, 0.4) is 0 Å². The van der Waals surface area contributed by atoms with Crippen LogP contribution >= 0.6 is 11.6 Å². The molecule has 37 heavy (non-hydrogen) atoms. The van der Waals surface area contributed by atoms with Gasteiger partial charge in [-0.05, 0) is 61.0 Å². The number of aliphatic hydroxyl groups is 1. The van der Waals surface area contributed by atoms with Gasteiger partial charge in [-0.2, -0.15) is 0 Å². The molecule has 0 fully saturated rings. The highest BCUT2D eigenvalue weighted by atomic mass is 35.5. The quantitative estimate of drug-likeness (QED) is 0.397. The van der Waals surface area contributed by atoms with Gasteiger partial charge in [0.05, 0.1) is 17.6 Å². The third-order valence-corrected chi connectivity index (χ3v) is 6.31. The Bertz CT molecular complexity index is 1650. The number of hydrogen-bond acceptors (Lipinski definition) is 5. The highest BCUT2D eigenvalue weighted by molar-refractivity contribution is 6.31. The fraction of sp³-hybridized carbons (Fsp3) is 0.111. The first-order valence-corrected chi connectivity index (χ1v) is 11.7. The molecule has 0 bridgehead atoms. The number of halogens is 1. The van der Waals surface area contributed by atoms with Crippen molar-refractivity contribution in [3.05, 3.63) is 104 Å². The summed E-state index contributed by atoms with van der Waals surface area (Å²) in [6, 6.07) is 18.4. The number of aryl methyl sites for hydroxylation is 1. The summed E-state index contributed by atoms with van der Waals surface area (Å²) in [5, 5.41) is 16.3. The molecule has 1 aliphatic rings. The number of aromatic amines is 1. The molecule has 186 valence electrons. The minimum absolute atomic E-state index is 0.135. The van der Waals surface area contributed by atoms with Crippen LogP contribution in [0.4, 0.5) is 10.5 Å². The lowest BCUT2D eigenvalue weighted by Gasteiger charge is -2.24. The van der Waals surface area contributed by atoms with Crippen molar-refractivity contribution < 1.29 is 19.4 Å². The number of carbonyl (C=O) groups is 2. The lowest BCUT2D eigenvalue weighted by molar-refractivity contribution is 0.0739. The Morgan fingerprint density at radius 2 is 1.86 bits per heavy atom. The van der Waals surface area contributed by atoms with Gasteiger partial charge in [-0.1, -0.05) is 29.8 Å². The Morgan fingerprint density at radius 3 is 2.59 bits per heavy atom. The highest BCUT2D eigenvalue weighted by Gasteiger charge is 2.28. The first-order valence-electron chi connectivity index (χ1n) is 11.3. The summed E-state index contributed by atoms with van der Waals surface area (Å²) in [6.45, 7) is 1.57. The second-order valence-corrected chi connectivity index (χ2v) is 8.96. The van der Waals surface area contributed by atoms with Gasteiger partial charge in [-0.25, -0.2) is 9.80 Å². The van der Waals surface area contributed by atoms with Crippen LogP contribution in [0, 0.1) is 6.92 Å². The number of aromatic nitrogens is 1. The second kappa shape index (κ2) is 9.44. The number of nitrogens with zero attached hydrogens (tertiary/aromatic N) is 3. The van der Waals surface area contributed by atoms with Gasteiger partial charge in [-0.15, -0.1) is 5.10 Å². The molecule has 0 saturated heterocycles. The zero-order chi connectivity index (χ0) is 26.3. The smallest absolute Gasteiger partial charge is 0.419 e. The van der Waals surface area contributed by atoms with Crippen LogP contribution < -0.4 is 15.1 Å². The summed E-state index contributed by atoms with van der Waals surface area (Å²) in [5.74, 6) is -0.726. The van der Waals surface area contributed by atoms with Gasteiger partial charge in [0.2, 0.25) is 0 Å². The molecule has 0 unspecified atom stereocenters. The van der Waals surface area contributed by atoms with Gasteiger partial charge in [0.15, 0.2) is 5.43 Å². The summed E-state index contributed by atoms with van der Waals surface area (Å²) in [6.07, 6.45) is -0.580. The van der Waals surface area contributed by atoms with Gasteiger partial charge in [-0.3, -0.25) is 14.5 Å². The van der Waals surface area contributed by atoms with E-state index >= 15 is 0 Å². The molecule has 5 rings (SSSR count). The molecule has 2 amide bonds. The Hall–Kier alpha value is -4.63. The molecule has 0 atom stereocenters. The van der Waals surface area contributed by atoms with Crippen molar-refractivity contribution in [2.24, 2.45) is 5.10 Å². The number of hydrogen-bond donors (Lipinski definition) is 2. The zero-order valence-electron chi connectivity index (χ0n) is 19.9. The highest BCUT2D eigenvalue weighted by Crippen LogP contribution is 2.25. The topological polar surface area (TPSA) is 115 Å². The van der Waals surface area contributed by atoms with E-state index in [2.05, 4.69) is 10.1 Å². The fourth-order valence-electron chi connectivity index (χ4n) is 4.08. The van der Waals surface area contributed by atoms with Crippen molar-refractivity contribution >= 4 is 46.1 Å². The predicted octanol–water partition coefficient (Wildman–Crippen LogP) is 5.00. The maximum atomic E-state index is 13.2. The molecule has 0 aliphatic carbocycles. The molecule has 2 N–H and O–H groups in total. The fourth-order valence-corrected chi connectivity index (χ4v) is 4.25. The van der Waals surface area contributed by atoms with Crippen molar-refractivity contribution in [3.63, 3.8) is 0 Å². The number of hydrazone groups is 1. The average Bonchev–Trinajstić information content (AvgIpc) is 2.89. The Balaban J connectivity index is 1.38. The molecule has 1 aliphatic heterocycles. The number of aliphatic hydroxyl groups excluding tert-OH is 1. The molecule has 1 aromatic heterocycles. The predicted molar refractivity (Wildman–Crippen MR) is 141 cm³/mol. The molecule has 0 radical (unpaired) electrons. The first-order chi connectivity index (χ1) is 17.7. The van der Waals surface area contributed by atoms with Crippen LogP contribution in [0.15, 0.2) is 76.6 Å². The number of carbonyl (C=O) groups excluding carboxylic acids is 2. The number of nitrogens with one attached hydrogen (secondary N) is 1. The lowest BCUT2D eigenvalue weighted by Crippen LogP contribution is -2.35. The van der Waals surface area contributed by atoms with Gasteiger partial charge in [0.25, 0.3) is 11.8 Å². The Kier molecular flexibility index (Phi) is 6.14. The lowest BCUT2D eigenvalue weighted by atomic mass is 10.1. The number of amides is 2. The normalized spacial score (nSPS) is 12.6. The van der Waals surface area contributed by atoms with E-state index in [4.69, 9.17) is 16.3 Å². The number of pyridine rings is 1. The van der Waals surface area contributed by atoms with Crippen LogP contribution in [0.1, 0.15) is 27.2 Å². The molecule has 2 heterocycles. The maximum Gasteiger partial charge on any atom is 0.419 e. The number of benzene rings is 3. The summed E-state index contributed by atoms with van der Waals surface area (Å²) >= 11 is 6.02. The monoisotopic (exact) mass is 516 g/mol. The number of para-hydroxylation sites is 1. The van der Waals surface area contributed by atoms with Gasteiger partial charge in [0, 0.05) is 28.7 Å². The Morgan fingerprint density at radius 1 is 1.11 bits per heavy atom. The number of fused-ring (bicyclic) bond motifs is 2. The van der Waals surface area contributed by atoms with Crippen molar-refractivity contribution in [2.45, 2.75) is 13.5 Å². The van der Waals surface area contributed by atoms with Crippen LogP contribution in [0.2, 0.25) is 5.02 Å². The van der Waals surface area contributed by atoms with E-state index in [9.17, 15) is 19.5 Å². The van der Waals surface area contributed by atoms with E-state index in [0.717, 1.165) is 5.01 Å². The van der Waals surface area contributed by atoms with E-state index in [1.807, 2.05) is 18.2 Å². The van der Waals surface area contributed by atoms with Crippen LogP contribution in [-0.4, -0.2) is 40.0 Å². The van der Waals surface area contributed by atoms with Crippen molar-refractivity contribution in [1.29, 1.82) is 0 Å². The van der Waals surface area contributed by atoms with Crippen molar-refractivity contribution in [3.8, 4) is 5.75 Å². The van der Waals surface area contributed by atoms with Crippen molar-refractivity contribution in [1.82, 2.24) is 9.99 Å². The molecular weight excluding hydrogens is 496 g/mol. The number of rotatable bonds is 3. The molecule has 3 aromatic carbocycles. The zero-order valence-corrected chi connectivity index (χ0v) is 20.6. The minimum Gasteiger partial charge on any atom is -0.491 e. The maximum absolute atomic E-state index is 13.2. The third kappa shape index (κ3) is 4.52. The molecule has 4 aromatic rings. The number of anilines is 1. The first kappa shape index (κ1) is 24.1. The molecule has 0 spiro atoms. The summed E-state index contributed by atoms with van der Waals surface area (Å²) < 4.78 is 5.51. The molecule has 10 heteroatoms. The van der Waals surface area contributed by atoms with E-state index in [1.54, 1.807) is 50.4 Å². The van der Waals surface area contributed by atoms with E-state index < -0.39 is 17.9 Å². The van der Waals surface area contributed by atoms with Gasteiger partial charge < -0.3 is 14.8 Å². The summed E-state index contributed by atoms with van der Waals surface area (Å²) in [7, 11) is 1.60. The second-order valence-electron chi connectivity index (χ2n) is 8.53. The molecule has 9 nitrogen and oxygen atoms in total. The van der Waals surface area contributed by atoms with Crippen molar-refractivity contribution in [2.75, 3.05) is 11.9 Å². The van der Waals surface area contributed by atoms with E-state index in [1.165, 1.54) is 17.0 Å². The minimum atomic E-state index is -0.580. The van der Waals surface area contributed by atoms with Crippen LogP contribution in [0.25, 0.3) is 10.9 Å².